The Bertz CT molecular complexity index is 691. The molecule has 0 N–H and O–H groups in total. The monoisotopic (exact) mass is 349 g/mol. The van der Waals surface area contributed by atoms with Gasteiger partial charge in [0, 0.05) is 11.6 Å². The molecule has 1 amide bonds. The predicted octanol–water partition coefficient (Wildman–Crippen LogP) is 1.63. The number of carbonyl (C=O) groups excluding carboxylic acids is 1. The zero-order valence-corrected chi connectivity index (χ0v) is 13.3. The summed E-state index contributed by atoms with van der Waals surface area (Å²) in [6.07, 6.45) is -0.446. The van der Waals surface area contributed by atoms with Crippen molar-refractivity contribution in [1.29, 1.82) is 0 Å². The average molecular weight is 350 g/mol. The van der Waals surface area contributed by atoms with Gasteiger partial charge in [-0.1, -0.05) is 23.2 Å². The lowest BCUT2D eigenvalue weighted by Gasteiger charge is -2.36. The number of benzene rings is 1. The summed E-state index contributed by atoms with van der Waals surface area (Å²) in [5, 5.41) is 0.705. The second-order valence-electron chi connectivity index (χ2n) is 5.18. The van der Waals surface area contributed by atoms with Crippen LogP contribution < -0.4 is 0 Å². The summed E-state index contributed by atoms with van der Waals surface area (Å²) in [5.41, 5.74) is 0.325. The normalized spacial score (nSPS) is 27.4. The summed E-state index contributed by atoms with van der Waals surface area (Å²) >= 11 is 11.9. The molecular formula is C13H13Cl2NO4S. The summed E-state index contributed by atoms with van der Waals surface area (Å²) in [7, 11) is -3.17. The third-order valence-corrected chi connectivity index (χ3v) is 5.99. The second kappa shape index (κ2) is 5.43. The molecule has 114 valence electrons. The molecule has 2 atom stereocenters. The number of morpholine rings is 1. The van der Waals surface area contributed by atoms with Crippen molar-refractivity contribution in [3.8, 4) is 0 Å². The van der Waals surface area contributed by atoms with E-state index >= 15 is 0 Å². The quantitative estimate of drug-likeness (QED) is 0.772. The molecule has 0 bridgehead atoms. The lowest BCUT2D eigenvalue weighted by atomic mass is 10.1. The van der Waals surface area contributed by atoms with Crippen molar-refractivity contribution in [2.24, 2.45) is 0 Å². The van der Waals surface area contributed by atoms with Gasteiger partial charge in [-0.15, -0.1) is 0 Å². The highest BCUT2D eigenvalue weighted by atomic mass is 35.5. The first-order chi connectivity index (χ1) is 9.87. The van der Waals surface area contributed by atoms with Crippen molar-refractivity contribution in [1.82, 2.24) is 4.90 Å². The van der Waals surface area contributed by atoms with Gasteiger partial charge in [-0.2, -0.15) is 0 Å². The second-order valence-corrected chi connectivity index (χ2v) is 8.17. The molecule has 0 aliphatic carbocycles. The largest absolute Gasteiger partial charge is 0.373 e. The van der Waals surface area contributed by atoms with E-state index < -0.39 is 22.0 Å². The van der Waals surface area contributed by atoms with Crippen molar-refractivity contribution in [2.45, 2.75) is 12.1 Å². The number of ether oxygens (including phenoxy) is 1. The molecule has 0 spiro atoms. The highest BCUT2D eigenvalue weighted by Gasteiger charge is 2.45. The van der Waals surface area contributed by atoms with Crippen molar-refractivity contribution < 1.29 is 17.9 Å². The molecule has 3 rings (SSSR count). The maximum absolute atomic E-state index is 12.6. The molecule has 0 saturated carbocycles. The van der Waals surface area contributed by atoms with Gasteiger partial charge >= 0.3 is 0 Å². The number of carbonyl (C=O) groups is 1. The smallest absolute Gasteiger partial charge is 0.255 e. The van der Waals surface area contributed by atoms with Gasteiger partial charge in [-0.25, -0.2) is 8.42 Å². The van der Waals surface area contributed by atoms with Gasteiger partial charge in [-0.3, -0.25) is 4.79 Å². The molecule has 2 unspecified atom stereocenters. The average Bonchev–Trinajstić information content (AvgIpc) is 2.71. The van der Waals surface area contributed by atoms with E-state index in [4.69, 9.17) is 27.9 Å². The fraction of sp³-hybridized carbons (Fsp3) is 0.462. The number of rotatable bonds is 1. The highest BCUT2D eigenvalue weighted by molar-refractivity contribution is 7.91. The van der Waals surface area contributed by atoms with E-state index in [0.717, 1.165) is 0 Å². The van der Waals surface area contributed by atoms with E-state index in [1.165, 1.54) is 6.07 Å². The Morgan fingerprint density at radius 3 is 2.76 bits per heavy atom. The van der Waals surface area contributed by atoms with Crippen molar-refractivity contribution in [3.05, 3.63) is 33.8 Å². The number of halogens is 2. The number of fused-ring (bicyclic) bond motifs is 1. The summed E-state index contributed by atoms with van der Waals surface area (Å²) in [6.45, 7) is 0.683. The predicted molar refractivity (Wildman–Crippen MR) is 79.7 cm³/mol. The van der Waals surface area contributed by atoms with Gasteiger partial charge in [0.05, 0.1) is 40.8 Å². The molecule has 1 aromatic carbocycles. The van der Waals surface area contributed by atoms with E-state index in [2.05, 4.69) is 0 Å². The third-order valence-electron chi connectivity index (χ3n) is 3.76. The van der Waals surface area contributed by atoms with Crippen LogP contribution in [-0.4, -0.2) is 56.0 Å². The maximum atomic E-state index is 12.6. The van der Waals surface area contributed by atoms with Gasteiger partial charge < -0.3 is 9.64 Å². The zero-order chi connectivity index (χ0) is 15.2. The summed E-state index contributed by atoms with van der Waals surface area (Å²) in [5.74, 6) is -0.378. The Morgan fingerprint density at radius 1 is 1.29 bits per heavy atom. The molecule has 21 heavy (non-hydrogen) atoms. The molecule has 2 saturated heterocycles. The van der Waals surface area contributed by atoms with Gasteiger partial charge in [0.25, 0.3) is 5.91 Å². The fourth-order valence-electron chi connectivity index (χ4n) is 2.78. The molecular weight excluding hydrogens is 337 g/mol. The minimum atomic E-state index is -3.17. The SMILES string of the molecule is O=C(c1ccc(Cl)cc1Cl)N1CCOC2CS(=O)(=O)CC21. The molecule has 2 heterocycles. The zero-order valence-electron chi connectivity index (χ0n) is 11.0. The minimum Gasteiger partial charge on any atom is -0.373 e. The molecule has 2 fully saturated rings. The van der Waals surface area contributed by atoms with Gasteiger partial charge in [0.1, 0.15) is 0 Å². The van der Waals surface area contributed by atoms with Crippen LogP contribution in [0.15, 0.2) is 18.2 Å². The van der Waals surface area contributed by atoms with Crippen molar-refractivity contribution >= 4 is 38.9 Å². The van der Waals surface area contributed by atoms with E-state index in [1.807, 2.05) is 0 Å². The lowest BCUT2D eigenvalue weighted by Crippen LogP contribution is -2.53. The molecule has 0 aromatic heterocycles. The number of nitrogens with zero attached hydrogens (tertiary/aromatic N) is 1. The lowest BCUT2D eigenvalue weighted by molar-refractivity contribution is -0.0361. The standard InChI is InChI=1S/C13H13Cl2NO4S/c14-8-1-2-9(10(15)5-8)13(17)16-3-4-20-12-7-21(18,19)6-11(12)16/h1-2,5,11-12H,3-4,6-7H2. The third kappa shape index (κ3) is 2.90. The van der Waals surface area contributed by atoms with E-state index in [9.17, 15) is 13.2 Å². The van der Waals surface area contributed by atoms with Crippen molar-refractivity contribution in [2.75, 3.05) is 24.7 Å². The highest BCUT2D eigenvalue weighted by Crippen LogP contribution is 2.28. The summed E-state index contributed by atoms with van der Waals surface area (Å²) in [4.78, 5) is 14.2. The summed E-state index contributed by atoms with van der Waals surface area (Å²) < 4.78 is 29.0. The van der Waals surface area contributed by atoms with Crippen LogP contribution in [0, 0.1) is 0 Å². The maximum Gasteiger partial charge on any atom is 0.255 e. The van der Waals surface area contributed by atoms with Crippen LogP contribution >= 0.6 is 23.2 Å². The van der Waals surface area contributed by atoms with E-state index in [1.54, 1.807) is 17.0 Å². The van der Waals surface area contributed by atoms with E-state index in [0.29, 0.717) is 23.7 Å². The number of hydrogen-bond donors (Lipinski definition) is 0. The number of amides is 1. The summed E-state index contributed by atoms with van der Waals surface area (Å²) in [6, 6.07) is 4.20. The molecule has 1 aromatic rings. The molecule has 8 heteroatoms. The van der Waals surface area contributed by atoms with Gasteiger partial charge in [0.15, 0.2) is 9.84 Å². The first kappa shape index (κ1) is 15.1. The molecule has 5 nitrogen and oxygen atoms in total. The van der Waals surface area contributed by atoms with Crippen LogP contribution in [0.25, 0.3) is 0 Å². The minimum absolute atomic E-state index is 0.0319. The molecule has 0 radical (unpaired) electrons. The number of sulfone groups is 1. The van der Waals surface area contributed by atoms with Crippen LogP contribution in [0.3, 0.4) is 0 Å². The van der Waals surface area contributed by atoms with Crippen LogP contribution in [0.1, 0.15) is 10.4 Å². The Morgan fingerprint density at radius 2 is 2.05 bits per heavy atom. The van der Waals surface area contributed by atoms with Crippen molar-refractivity contribution in [3.63, 3.8) is 0 Å². The molecule has 2 aliphatic rings. The Hall–Kier alpha value is -0.820. The van der Waals surface area contributed by atoms with Gasteiger partial charge in [-0.05, 0) is 18.2 Å². The first-order valence-electron chi connectivity index (χ1n) is 6.45. The molecule has 2 aliphatic heterocycles. The Labute approximate surface area is 132 Å². The van der Waals surface area contributed by atoms with Gasteiger partial charge in [0.2, 0.25) is 0 Å². The first-order valence-corrected chi connectivity index (χ1v) is 9.03. The van der Waals surface area contributed by atoms with E-state index in [-0.39, 0.29) is 22.4 Å². The number of hydrogen-bond acceptors (Lipinski definition) is 4. The van der Waals surface area contributed by atoms with Crippen LogP contribution in [0.4, 0.5) is 0 Å². The Kier molecular flexibility index (Phi) is 3.90. The Balaban J connectivity index is 1.90. The van der Waals surface area contributed by atoms with Crippen LogP contribution in [0.5, 0.6) is 0 Å². The topological polar surface area (TPSA) is 63.7 Å². The van der Waals surface area contributed by atoms with Crippen LogP contribution in [0.2, 0.25) is 10.0 Å². The van der Waals surface area contributed by atoms with Crippen LogP contribution in [-0.2, 0) is 14.6 Å². The fourth-order valence-corrected chi connectivity index (χ4v) is 5.14.